The number of aliphatic imine (C=N–C) groups is 1. The van der Waals surface area contributed by atoms with Crippen LogP contribution in [-0.2, 0) is 11.3 Å². The SMILES string of the molecule is CCCNC(=O)c1cccc(CNC(=NC)NCCN(C)CCCOC)c1.I. The van der Waals surface area contributed by atoms with Crippen molar-refractivity contribution < 1.29 is 9.53 Å². The summed E-state index contributed by atoms with van der Waals surface area (Å²) >= 11 is 0. The number of amides is 1. The van der Waals surface area contributed by atoms with Gasteiger partial charge in [0.2, 0.25) is 0 Å². The third-order valence-electron chi connectivity index (χ3n) is 4.08. The van der Waals surface area contributed by atoms with Crippen LogP contribution in [0.15, 0.2) is 29.3 Å². The molecule has 28 heavy (non-hydrogen) atoms. The minimum absolute atomic E-state index is 0. The zero-order valence-electron chi connectivity index (χ0n) is 17.6. The first-order valence-electron chi connectivity index (χ1n) is 9.59. The van der Waals surface area contributed by atoms with E-state index in [0.717, 1.165) is 50.6 Å². The van der Waals surface area contributed by atoms with Gasteiger partial charge in [0.05, 0.1) is 0 Å². The number of ether oxygens (including phenoxy) is 1. The van der Waals surface area contributed by atoms with Crippen LogP contribution in [-0.4, -0.2) is 70.8 Å². The minimum atomic E-state index is -0.0299. The van der Waals surface area contributed by atoms with Crippen LogP contribution in [0.1, 0.15) is 35.7 Å². The molecule has 0 radical (unpaired) electrons. The van der Waals surface area contributed by atoms with Gasteiger partial charge in [0, 0.05) is 59.1 Å². The van der Waals surface area contributed by atoms with E-state index in [-0.39, 0.29) is 29.9 Å². The van der Waals surface area contributed by atoms with Crippen molar-refractivity contribution in [2.24, 2.45) is 4.99 Å². The van der Waals surface area contributed by atoms with Crippen molar-refractivity contribution in [3.8, 4) is 0 Å². The molecule has 7 nitrogen and oxygen atoms in total. The average Bonchev–Trinajstić information content (AvgIpc) is 2.69. The van der Waals surface area contributed by atoms with Crippen LogP contribution in [0.4, 0.5) is 0 Å². The molecule has 0 saturated heterocycles. The van der Waals surface area contributed by atoms with Crippen LogP contribution >= 0.6 is 24.0 Å². The summed E-state index contributed by atoms with van der Waals surface area (Å²) in [4.78, 5) is 18.6. The molecule has 0 aliphatic carbocycles. The van der Waals surface area contributed by atoms with E-state index in [2.05, 4.69) is 32.9 Å². The Kier molecular flexibility index (Phi) is 15.7. The Bertz CT molecular complexity index is 583. The molecule has 1 rings (SSSR count). The molecule has 0 bridgehead atoms. The lowest BCUT2D eigenvalue weighted by Crippen LogP contribution is -2.40. The lowest BCUT2D eigenvalue weighted by molar-refractivity contribution is 0.0953. The summed E-state index contributed by atoms with van der Waals surface area (Å²) in [6.45, 7) is 6.87. The summed E-state index contributed by atoms with van der Waals surface area (Å²) in [6, 6.07) is 7.65. The highest BCUT2D eigenvalue weighted by atomic mass is 127. The Labute approximate surface area is 186 Å². The third kappa shape index (κ3) is 11.5. The van der Waals surface area contributed by atoms with E-state index in [1.807, 2.05) is 31.2 Å². The van der Waals surface area contributed by atoms with Crippen molar-refractivity contribution in [2.45, 2.75) is 26.3 Å². The smallest absolute Gasteiger partial charge is 0.251 e. The monoisotopic (exact) mass is 505 g/mol. The zero-order valence-corrected chi connectivity index (χ0v) is 19.9. The molecule has 0 heterocycles. The average molecular weight is 505 g/mol. The predicted octanol–water partition coefficient (Wildman–Crippen LogP) is 2.08. The van der Waals surface area contributed by atoms with E-state index in [4.69, 9.17) is 4.74 Å². The quantitative estimate of drug-likeness (QED) is 0.176. The number of halogens is 1. The number of likely N-dealkylation sites (N-methyl/N-ethyl adjacent to an activating group) is 1. The fraction of sp³-hybridized carbons (Fsp3) is 0.600. The first kappa shape index (κ1) is 26.6. The van der Waals surface area contributed by atoms with Crippen molar-refractivity contribution in [2.75, 3.05) is 54.0 Å². The van der Waals surface area contributed by atoms with Gasteiger partial charge in [-0.2, -0.15) is 0 Å². The van der Waals surface area contributed by atoms with Gasteiger partial charge in [0.15, 0.2) is 5.96 Å². The molecule has 0 aliphatic rings. The van der Waals surface area contributed by atoms with Gasteiger partial charge in [0.1, 0.15) is 0 Å². The van der Waals surface area contributed by atoms with E-state index in [1.165, 1.54) is 0 Å². The normalized spacial score (nSPS) is 11.1. The number of nitrogens with one attached hydrogen (secondary N) is 3. The van der Waals surface area contributed by atoms with Crippen molar-refractivity contribution in [1.82, 2.24) is 20.9 Å². The molecule has 3 N–H and O–H groups in total. The fourth-order valence-corrected chi connectivity index (χ4v) is 2.53. The van der Waals surface area contributed by atoms with E-state index >= 15 is 0 Å². The second kappa shape index (κ2) is 16.6. The zero-order chi connectivity index (χ0) is 19.9. The van der Waals surface area contributed by atoms with Crippen LogP contribution < -0.4 is 16.0 Å². The van der Waals surface area contributed by atoms with Gasteiger partial charge in [0.25, 0.3) is 5.91 Å². The van der Waals surface area contributed by atoms with Gasteiger partial charge in [-0.15, -0.1) is 24.0 Å². The summed E-state index contributed by atoms with van der Waals surface area (Å²) in [7, 11) is 5.58. The van der Waals surface area contributed by atoms with Crippen molar-refractivity contribution in [3.63, 3.8) is 0 Å². The van der Waals surface area contributed by atoms with Crippen molar-refractivity contribution in [3.05, 3.63) is 35.4 Å². The fourth-order valence-electron chi connectivity index (χ4n) is 2.53. The van der Waals surface area contributed by atoms with Gasteiger partial charge in [-0.1, -0.05) is 19.1 Å². The number of hydrogen-bond donors (Lipinski definition) is 3. The molecule has 8 heteroatoms. The lowest BCUT2D eigenvalue weighted by atomic mass is 10.1. The summed E-state index contributed by atoms with van der Waals surface area (Å²) in [6.07, 6.45) is 1.96. The van der Waals surface area contributed by atoms with Gasteiger partial charge in [-0.3, -0.25) is 9.79 Å². The van der Waals surface area contributed by atoms with Crippen LogP contribution in [0.2, 0.25) is 0 Å². The standard InChI is InChI=1S/C20H35N5O2.HI/c1-5-10-22-19(26)18-9-6-8-17(15-18)16-24-20(21-2)23-11-13-25(3)12-7-14-27-4;/h6,8-9,15H,5,7,10-14,16H2,1-4H3,(H,22,26)(H2,21,23,24);1H. The number of guanidine groups is 1. The molecule has 0 fully saturated rings. The Morgan fingerprint density at radius 3 is 2.64 bits per heavy atom. The summed E-state index contributed by atoms with van der Waals surface area (Å²) in [5, 5.41) is 9.50. The molecule has 0 aromatic heterocycles. The Morgan fingerprint density at radius 1 is 1.18 bits per heavy atom. The van der Waals surface area contributed by atoms with Crippen LogP contribution in [0.3, 0.4) is 0 Å². The third-order valence-corrected chi connectivity index (χ3v) is 4.08. The van der Waals surface area contributed by atoms with Gasteiger partial charge < -0.3 is 25.6 Å². The molecular formula is C20H36IN5O2. The second-order valence-corrected chi connectivity index (χ2v) is 6.46. The highest BCUT2D eigenvalue weighted by Gasteiger charge is 2.06. The summed E-state index contributed by atoms with van der Waals surface area (Å²) < 4.78 is 5.07. The number of carbonyl (C=O) groups excluding carboxylic acids is 1. The summed E-state index contributed by atoms with van der Waals surface area (Å²) in [5.74, 6) is 0.721. The van der Waals surface area contributed by atoms with E-state index in [0.29, 0.717) is 18.7 Å². The van der Waals surface area contributed by atoms with Gasteiger partial charge in [-0.25, -0.2) is 0 Å². The maximum atomic E-state index is 12.1. The number of rotatable bonds is 12. The van der Waals surface area contributed by atoms with E-state index in [9.17, 15) is 4.79 Å². The maximum Gasteiger partial charge on any atom is 0.251 e. The number of hydrogen-bond acceptors (Lipinski definition) is 4. The van der Waals surface area contributed by atoms with Gasteiger partial charge in [-0.05, 0) is 37.6 Å². The molecule has 0 saturated carbocycles. The van der Waals surface area contributed by atoms with Crippen LogP contribution in [0.25, 0.3) is 0 Å². The highest BCUT2D eigenvalue weighted by molar-refractivity contribution is 14.0. The minimum Gasteiger partial charge on any atom is -0.385 e. The number of methoxy groups -OCH3 is 1. The Balaban J connectivity index is 0.00000729. The van der Waals surface area contributed by atoms with Crippen LogP contribution in [0.5, 0.6) is 0 Å². The largest absolute Gasteiger partial charge is 0.385 e. The number of nitrogens with zero attached hydrogens (tertiary/aromatic N) is 2. The second-order valence-electron chi connectivity index (χ2n) is 6.46. The number of carbonyl (C=O) groups is 1. The molecule has 0 atom stereocenters. The van der Waals surface area contributed by atoms with Crippen molar-refractivity contribution in [1.29, 1.82) is 0 Å². The topological polar surface area (TPSA) is 78.0 Å². The number of benzene rings is 1. The molecule has 160 valence electrons. The van der Waals surface area contributed by atoms with Crippen LogP contribution in [0, 0.1) is 0 Å². The van der Waals surface area contributed by atoms with E-state index in [1.54, 1.807) is 14.2 Å². The molecule has 0 spiro atoms. The van der Waals surface area contributed by atoms with Gasteiger partial charge >= 0.3 is 0 Å². The Hall–Kier alpha value is -1.39. The summed E-state index contributed by atoms with van der Waals surface area (Å²) in [5.41, 5.74) is 1.72. The van der Waals surface area contributed by atoms with E-state index < -0.39 is 0 Å². The Morgan fingerprint density at radius 2 is 1.96 bits per heavy atom. The molecule has 1 aromatic rings. The molecule has 0 unspecified atom stereocenters. The molecular weight excluding hydrogens is 469 g/mol. The maximum absolute atomic E-state index is 12.1. The highest BCUT2D eigenvalue weighted by Crippen LogP contribution is 2.05. The first-order valence-corrected chi connectivity index (χ1v) is 9.59. The molecule has 1 amide bonds. The molecule has 0 aliphatic heterocycles. The molecule has 1 aromatic carbocycles. The lowest BCUT2D eigenvalue weighted by Gasteiger charge is -2.18. The van der Waals surface area contributed by atoms with Crippen molar-refractivity contribution >= 4 is 35.8 Å². The first-order chi connectivity index (χ1) is 13.1. The predicted molar refractivity (Wildman–Crippen MR) is 127 cm³/mol.